The molecular weight excluding hydrogens is 596 g/mol. The average molecular weight is 657 g/mol. The minimum atomic E-state index is -0.316. The number of phenolic OH excluding ortho intramolecular Hbond substituents is 1. The van der Waals surface area contributed by atoms with Crippen molar-refractivity contribution in [2.24, 2.45) is 23.2 Å². The number of rotatable bonds is 15. The van der Waals surface area contributed by atoms with Crippen LogP contribution >= 0.6 is 0 Å². The number of carbonyl (C=O) groups is 2. The molecule has 6 heteroatoms. The van der Waals surface area contributed by atoms with E-state index >= 15 is 0 Å². The number of carbonyl (C=O) groups excluding carboxylic acids is 2. The van der Waals surface area contributed by atoms with Crippen LogP contribution in [0.4, 0.5) is 0 Å². The maximum Gasteiger partial charge on any atom is 0.242 e. The zero-order valence-electron chi connectivity index (χ0n) is 29.4. The van der Waals surface area contributed by atoms with Gasteiger partial charge in [0.05, 0.1) is 12.5 Å². The maximum absolute atomic E-state index is 12.9. The number of fused-ring (bicyclic) bond motifs is 5. The second kappa shape index (κ2) is 16.2. The lowest BCUT2D eigenvalue weighted by Crippen LogP contribution is -2.47. The van der Waals surface area contributed by atoms with E-state index in [1.54, 1.807) is 4.90 Å². The molecule has 4 aliphatic rings. The number of hydrogen-bond donors (Lipinski definition) is 3. The third kappa shape index (κ3) is 7.95. The van der Waals surface area contributed by atoms with E-state index in [2.05, 4.69) is 18.3 Å². The molecule has 0 spiro atoms. The number of hydrogen-bond acceptors (Lipinski definition) is 4. The smallest absolute Gasteiger partial charge is 0.242 e. The highest BCUT2D eigenvalue weighted by Crippen LogP contribution is 2.62. The molecule has 1 heterocycles. The lowest BCUT2D eigenvalue weighted by Gasteiger charge is -2.53. The first-order valence-corrected chi connectivity index (χ1v) is 19.5. The molecule has 3 aliphatic carbocycles. The topological polar surface area (TPSA) is 89.9 Å². The van der Waals surface area contributed by atoms with Crippen molar-refractivity contribution in [3.63, 3.8) is 0 Å². The van der Waals surface area contributed by atoms with Gasteiger partial charge in [0.1, 0.15) is 11.8 Å². The van der Waals surface area contributed by atoms with E-state index in [9.17, 15) is 19.8 Å². The molecule has 2 saturated carbocycles. The van der Waals surface area contributed by atoms with Gasteiger partial charge < -0.3 is 20.4 Å². The maximum atomic E-state index is 12.9. The molecule has 1 saturated heterocycles. The van der Waals surface area contributed by atoms with Crippen LogP contribution in [0.3, 0.4) is 0 Å². The summed E-state index contributed by atoms with van der Waals surface area (Å²) in [7, 11) is 0. The summed E-state index contributed by atoms with van der Waals surface area (Å²) >= 11 is 0. The predicted molar refractivity (Wildman–Crippen MR) is 192 cm³/mol. The van der Waals surface area contributed by atoms with E-state index < -0.39 is 0 Å². The molecule has 0 unspecified atom stereocenters. The number of likely N-dealkylation sites (tertiary alicyclic amines) is 1. The number of amides is 2. The molecular formula is C42H60N2O4. The number of aliphatic hydroxyl groups is 1. The van der Waals surface area contributed by atoms with Gasteiger partial charge in [-0.25, -0.2) is 0 Å². The van der Waals surface area contributed by atoms with Crippen LogP contribution in [0, 0.1) is 23.2 Å². The van der Waals surface area contributed by atoms with Crippen molar-refractivity contribution in [2.75, 3.05) is 13.1 Å². The molecule has 6 nitrogen and oxygen atoms in total. The first-order valence-electron chi connectivity index (χ1n) is 19.5. The molecule has 0 aromatic heterocycles. The van der Waals surface area contributed by atoms with Gasteiger partial charge in [-0.1, -0.05) is 94.7 Å². The highest BCUT2D eigenvalue weighted by molar-refractivity contribution is 5.89. The third-order valence-electron chi connectivity index (χ3n) is 13.0. The van der Waals surface area contributed by atoms with Gasteiger partial charge in [-0.15, -0.1) is 0 Å². The summed E-state index contributed by atoms with van der Waals surface area (Å²) in [5.74, 6) is 3.00. The minimum absolute atomic E-state index is 0.0124. The van der Waals surface area contributed by atoms with Crippen molar-refractivity contribution in [1.29, 1.82) is 0 Å². The molecule has 3 N–H and O–H groups in total. The fraction of sp³-hybridized carbons (Fsp3) is 0.667. The Labute approximate surface area is 289 Å². The van der Waals surface area contributed by atoms with Crippen LogP contribution < -0.4 is 5.32 Å². The Bertz CT molecular complexity index is 1360. The molecule has 0 radical (unpaired) electrons. The van der Waals surface area contributed by atoms with Gasteiger partial charge >= 0.3 is 0 Å². The summed E-state index contributed by atoms with van der Waals surface area (Å²) in [5.41, 5.74) is 3.93. The van der Waals surface area contributed by atoms with Gasteiger partial charge in [-0.05, 0) is 116 Å². The fourth-order valence-corrected chi connectivity index (χ4v) is 10.3. The van der Waals surface area contributed by atoms with Crippen LogP contribution in [-0.4, -0.2) is 52.2 Å². The number of phenols is 1. The summed E-state index contributed by atoms with van der Waals surface area (Å²) in [5, 5.41) is 24.3. The molecule has 262 valence electrons. The number of aromatic hydroxyl groups is 1. The van der Waals surface area contributed by atoms with E-state index in [1.165, 1.54) is 75.3 Å². The minimum Gasteiger partial charge on any atom is -0.508 e. The Morgan fingerprint density at radius 2 is 1.62 bits per heavy atom. The molecule has 6 rings (SSSR count). The van der Waals surface area contributed by atoms with Gasteiger partial charge in [0.2, 0.25) is 11.8 Å². The Morgan fingerprint density at radius 3 is 2.40 bits per heavy atom. The Kier molecular flexibility index (Phi) is 11.8. The zero-order chi connectivity index (χ0) is 33.5. The number of unbranched alkanes of at least 4 members (excludes halogenated alkanes) is 8. The predicted octanol–water partition coefficient (Wildman–Crippen LogP) is 8.09. The number of benzene rings is 2. The molecule has 2 aromatic carbocycles. The lowest BCUT2D eigenvalue weighted by atomic mass is 9.52. The van der Waals surface area contributed by atoms with Crippen molar-refractivity contribution >= 4 is 11.8 Å². The molecule has 7 atom stereocenters. The van der Waals surface area contributed by atoms with Crippen molar-refractivity contribution in [3.8, 4) is 5.75 Å². The van der Waals surface area contributed by atoms with E-state index in [0.717, 1.165) is 50.5 Å². The van der Waals surface area contributed by atoms with E-state index in [1.807, 2.05) is 42.5 Å². The normalized spacial score (nSPS) is 29.2. The summed E-state index contributed by atoms with van der Waals surface area (Å²) in [6.07, 6.45) is 19.7. The molecule has 48 heavy (non-hydrogen) atoms. The zero-order valence-corrected chi connectivity index (χ0v) is 29.4. The van der Waals surface area contributed by atoms with Crippen molar-refractivity contribution in [1.82, 2.24) is 10.2 Å². The first-order chi connectivity index (χ1) is 23.3. The highest BCUT2D eigenvalue weighted by Gasteiger charge is 2.56. The SMILES string of the molecule is C[C@]12CC[C@@H]3c4ccc(O)cc4C[C@@H](CCCCCCCCCCCNC(=O)[C@H]4CCCN4C(=O)Cc4ccccc4)[C@H]3[C@@H]1CC[C@@H]2O. The first kappa shape index (κ1) is 35.0. The van der Waals surface area contributed by atoms with Gasteiger partial charge in [0.15, 0.2) is 0 Å². The third-order valence-corrected chi connectivity index (χ3v) is 13.0. The number of nitrogens with one attached hydrogen (secondary N) is 1. The summed E-state index contributed by atoms with van der Waals surface area (Å²) < 4.78 is 0. The summed E-state index contributed by atoms with van der Waals surface area (Å²) in [6.45, 7) is 3.74. The van der Waals surface area contributed by atoms with E-state index in [4.69, 9.17) is 0 Å². The fourth-order valence-electron chi connectivity index (χ4n) is 10.3. The number of aliphatic hydroxyl groups excluding tert-OH is 1. The lowest BCUT2D eigenvalue weighted by molar-refractivity contribution is -0.137. The van der Waals surface area contributed by atoms with Gasteiger partial charge in [-0.3, -0.25) is 9.59 Å². The molecule has 2 aromatic rings. The van der Waals surface area contributed by atoms with Crippen molar-refractivity contribution < 1.29 is 19.8 Å². The molecule has 2 amide bonds. The van der Waals surface area contributed by atoms with Crippen LogP contribution in [0.15, 0.2) is 48.5 Å². The average Bonchev–Trinajstić information content (AvgIpc) is 3.70. The monoisotopic (exact) mass is 656 g/mol. The number of nitrogens with zero attached hydrogens (tertiary/aromatic N) is 1. The van der Waals surface area contributed by atoms with Crippen molar-refractivity contribution in [2.45, 2.75) is 141 Å². The van der Waals surface area contributed by atoms with Gasteiger partial charge in [0, 0.05) is 13.1 Å². The van der Waals surface area contributed by atoms with Gasteiger partial charge in [-0.2, -0.15) is 0 Å². The summed E-state index contributed by atoms with van der Waals surface area (Å²) in [6, 6.07) is 15.6. The molecule has 0 bridgehead atoms. The Morgan fingerprint density at radius 1 is 0.896 bits per heavy atom. The van der Waals surface area contributed by atoms with Crippen LogP contribution in [-0.2, 0) is 22.4 Å². The van der Waals surface area contributed by atoms with Crippen LogP contribution in [0.2, 0.25) is 0 Å². The Hall–Kier alpha value is -2.86. The second-order valence-corrected chi connectivity index (χ2v) is 15.9. The van der Waals surface area contributed by atoms with Gasteiger partial charge in [0.25, 0.3) is 0 Å². The van der Waals surface area contributed by atoms with Crippen LogP contribution in [0.1, 0.15) is 132 Å². The molecule has 3 fully saturated rings. The van der Waals surface area contributed by atoms with E-state index in [-0.39, 0.29) is 29.4 Å². The quantitative estimate of drug-likeness (QED) is 0.169. The summed E-state index contributed by atoms with van der Waals surface area (Å²) in [4.78, 5) is 27.5. The van der Waals surface area contributed by atoms with E-state index in [0.29, 0.717) is 48.9 Å². The second-order valence-electron chi connectivity index (χ2n) is 15.9. The van der Waals surface area contributed by atoms with Crippen LogP contribution in [0.5, 0.6) is 5.75 Å². The standard InChI is InChI=1S/C42H60N2O4/c1-42-24-23-35-34-20-19-33(45)29-32(34)28-31(40(35)36(42)21-22-38(42)46)17-12-7-5-3-2-4-6-8-13-25-43-41(48)37-18-14-26-44(37)39(47)27-30-15-10-9-11-16-30/h9-11,15-16,19-20,29,31,35-38,40,45-46H,2-8,12-14,17-18,21-28H2,1H3,(H,43,48)/t31-,35-,36+,37-,38+,40-,42+/m1/s1. The highest BCUT2D eigenvalue weighted by atomic mass is 16.3. The molecule has 1 aliphatic heterocycles. The van der Waals surface area contributed by atoms with Crippen molar-refractivity contribution in [3.05, 3.63) is 65.2 Å². The largest absolute Gasteiger partial charge is 0.508 e. The Balaban J connectivity index is 0.841. The van der Waals surface area contributed by atoms with Crippen LogP contribution in [0.25, 0.3) is 0 Å².